The number of anilines is 2. The van der Waals surface area contributed by atoms with Gasteiger partial charge in [-0.25, -0.2) is 19.6 Å². The van der Waals surface area contributed by atoms with Crippen LogP contribution in [-0.2, 0) is 49.5 Å². The molecule has 0 aliphatic carbocycles. The molecule has 13 heteroatoms. The number of aromatic nitrogens is 2. The number of benzene rings is 2. The second-order valence-corrected chi connectivity index (χ2v) is 17.9. The van der Waals surface area contributed by atoms with E-state index in [0.29, 0.717) is 45.2 Å². The first kappa shape index (κ1) is 53.7. The molecule has 8 rings (SSSR count). The van der Waals surface area contributed by atoms with Crippen molar-refractivity contribution in [2.45, 2.75) is 129 Å². The van der Waals surface area contributed by atoms with Crippen LogP contribution in [0.5, 0.6) is 0 Å². The zero-order valence-electron chi connectivity index (χ0n) is 40.2. The van der Waals surface area contributed by atoms with Gasteiger partial charge in [0.25, 0.3) is 0 Å². The number of rotatable bonds is 18. The van der Waals surface area contributed by atoms with Crippen LogP contribution in [-0.4, -0.2) is 109 Å². The van der Waals surface area contributed by atoms with Crippen molar-refractivity contribution in [2.24, 2.45) is 5.73 Å². The molecule has 0 radical (unpaired) electrons. The van der Waals surface area contributed by atoms with E-state index in [1.807, 2.05) is 72.5 Å². The second-order valence-electron chi connectivity index (χ2n) is 17.9. The minimum atomic E-state index is -0.394. The number of carbonyl (C=O) groups is 3. The van der Waals surface area contributed by atoms with Crippen molar-refractivity contribution in [3.63, 3.8) is 0 Å². The van der Waals surface area contributed by atoms with Crippen LogP contribution in [0.15, 0.2) is 84.9 Å². The smallest absolute Gasteiger partial charge is 0.327 e. The number of carbonyl (C=O) groups excluding carboxylic acids is 3. The molecular weight excluding hydrogens is 853 g/mol. The predicted molar refractivity (Wildman–Crippen MR) is 274 cm³/mol. The summed E-state index contributed by atoms with van der Waals surface area (Å²) in [6.45, 7) is 11.4. The molecule has 2 unspecified atom stereocenters. The topological polar surface area (TPSA) is 164 Å². The third kappa shape index (κ3) is 16.8. The second kappa shape index (κ2) is 29.6. The molecule has 0 bridgehead atoms. The average molecular weight is 933 g/mol. The van der Waals surface area contributed by atoms with Crippen molar-refractivity contribution in [1.82, 2.24) is 25.1 Å². The number of nitrogens with one attached hydrogen (secondary N) is 3. The Hall–Kier alpha value is -5.21. The highest BCUT2D eigenvalue weighted by atomic mass is 16.5. The van der Waals surface area contributed by atoms with Crippen LogP contribution in [0.1, 0.15) is 131 Å². The Bertz CT molecular complexity index is 2090. The molecule has 4 aliphatic heterocycles. The molecule has 5 N–H and O–H groups in total. The molecule has 6 heterocycles. The maximum absolute atomic E-state index is 12.7. The van der Waals surface area contributed by atoms with Gasteiger partial charge >= 0.3 is 11.9 Å². The molecule has 2 fully saturated rings. The lowest BCUT2D eigenvalue weighted by Gasteiger charge is -2.36. The van der Waals surface area contributed by atoms with Crippen LogP contribution >= 0.6 is 0 Å². The zero-order valence-corrected chi connectivity index (χ0v) is 40.2. The summed E-state index contributed by atoms with van der Waals surface area (Å²) in [4.78, 5) is 49.9. The average Bonchev–Trinajstić information content (AvgIpc) is 3.36. The third-order valence-electron chi connectivity index (χ3n) is 12.9. The van der Waals surface area contributed by atoms with Gasteiger partial charge in [0.15, 0.2) is 0 Å². The van der Waals surface area contributed by atoms with Crippen LogP contribution in [0.3, 0.4) is 0 Å². The molecule has 4 aliphatic rings. The van der Waals surface area contributed by atoms with E-state index in [1.165, 1.54) is 41.8 Å². The van der Waals surface area contributed by atoms with Crippen molar-refractivity contribution in [3.05, 3.63) is 119 Å². The number of hydrogen-bond acceptors (Lipinski definition) is 13. The van der Waals surface area contributed by atoms with Gasteiger partial charge in [0.05, 0.1) is 13.2 Å². The number of pyridine rings is 2. The fourth-order valence-electron chi connectivity index (χ4n) is 9.30. The van der Waals surface area contributed by atoms with Crippen molar-refractivity contribution in [3.8, 4) is 0 Å². The highest BCUT2D eigenvalue weighted by Crippen LogP contribution is 2.28. The van der Waals surface area contributed by atoms with E-state index >= 15 is 0 Å². The van der Waals surface area contributed by atoms with E-state index in [9.17, 15) is 14.4 Å². The summed E-state index contributed by atoms with van der Waals surface area (Å²) in [5.41, 5.74) is 12.5. The predicted octanol–water partition coefficient (Wildman–Crippen LogP) is 8.43. The summed E-state index contributed by atoms with van der Waals surface area (Å²) >= 11 is 0. The first-order chi connectivity index (χ1) is 32.9. The van der Waals surface area contributed by atoms with E-state index in [4.69, 9.17) is 20.2 Å². The van der Waals surface area contributed by atoms with E-state index in [0.717, 1.165) is 120 Å². The molecule has 13 nitrogen and oxygen atoms in total. The number of nitrogens with zero attached hydrogens (tertiary/aromatic N) is 4. The number of Topliss-reactive ketones (excluding diaryl/α,β-unsaturated/α-hetero) is 1. The first-order valence-electron chi connectivity index (χ1n) is 25.2. The normalized spacial score (nSPS) is 16.8. The van der Waals surface area contributed by atoms with Crippen LogP contribution in [0, 0.1) is 0 Å². The van der Waals surface area contributed by atoms with E-state index in [2.05, 4.69) is 50.1 Å². The van der Waals surface area contributed by atoms with Gasteiger partial charge in [-0.1, -0.05) is 80.2 Å². The molecular formula is C55H80N8O5. The fraction of sp³-hybridized carbons (Fsp3) is 0.545. The monoisotopic (exact) mass is 933 g/mol. The van der Waals surface area contributed by atoms with Crippen LogP contribution in [0.4, 0.5) is 11.6 Å². The highest BCUT2D eigenvalue weighted by Gasteiger charge is 2.33. The van der Waals surface area contributed by atoms with Gasteiger partial charge in [-0.3, -0.25) is 14.6 Å². The highest BCUT2D eigenvalue weighted by molar-refractivity contribution is 5.81. The van der Waals surface area contributed by atoms with E-state index in [-0.39, 0.29) is 31.2 Å². The minimum absolute atomic E-state index is 0. The summed E-state index contributed by atoms with van der Waals surface area (Å²) in [6.07, 6.45) is 14.5. The molecule has 68 heavy (non-hydrogen) atoms. The van der Waals surface area contributed by atoms with Crippen molar-refractivity contribution < 1.29 is 23.9 Å². The molecule has 2 saturated heterocycles. The number of hydrogen-bond donors (Lipinski definition) is 4. The van der Waals surface area contributed by atoms with Crippen LogP contribution in [0.2, 0.25) is 0 Å². The van der Waals surface area contributed by atoms with Crippen molar-refractivity contribution in [1.29, 1.82) is 0 Å². The maximum atomic E-state index is 12.7. The number of nitrogens with two attached hydrogens (primary N) is 1. The van der Waals surface area contributed by atoms with Gasteiger partial charge in [-0.05, 0) is 138 Å². The van der Waals surface area contributed by atoms with Gasteiger partial charge < -0.3 is 31.2 Å². The quantitative estimate of drug-likeness (QED) is 0.0556. The number of esters is 2. The molecule has 370 valence electrons. The SMILES string of the molecule is C.CCOC(=O)C(c1ccccc1)N1CCC(=O)CC1.CCOC(=O)C(c1ccccc1)N1CCC(NCCCCc2ccc3c(n2)NCCC3)CC1.NCCCCc1ccc2c(n1)NCCC2. The Labute approximate surface area is 406 Å². The number of fused-ring (bicyclic) bond motifs is 2. The van der Waals surface area contributed by atoms with Crippen molar-refractivity contribution >= 4 is 29.4 Å². The van der Waals surface area contributed by atoms with Gasteiger partial charge in [0.1, 0.15) is 29.5 Å². The Morgan fingerprint density at radius 2 is 1.13 bits per heavy atom. The Balaban J connectivity index is 0.000000209. The zero-order chi connectivity index (χ0) is 47.1. The van der Waals surface area contributed by atoms with Gasteiger partial charge in [-0.2, -0.15) is 0 Å². The lowest BCUT2D eigenvalue weighted by Crippen LogP contribution is -2.46. The first-order valence-corrected chi connectivity index (χ1v) is 25.2. The van der Waals surface area contributed by atoms with Crippen LogP contribution < -0.4 is 21.7 Å². The molecule has 2 aromatic heterocycles. The summed E-state index contributed by atoms with van der Waals surface area (Å²) < 4.78 is 10.6. The summed E-state index contributed by atoms with van der Waals surface area (Å²) in [6, 6.07) is 28.3. The standard InChI is InChI=1S/C27H38N4O2.C15H19NO3.C12H19N3.CH4/c1-2-33-27(32)25(21-9-4-3-5-10-21)31-19-15-23(16-20-31)28-17-7-6-12-24-14-13-22-11-8-18-29-26(22)30-24;1-2-19-15(18)14(12-6-4-3-5-7-12)16-10-8-13(17)9-11-16;13-8-2-1-5-11-7-6-10-4-3-9-14-12(10)15-11;/h3-5,9-10,13-14,23,25,28H,2,6-8,11-12,15-20H2,1H3,(H,29,30);3-7,14H,2,8-11H2,1H3;6-7H,1-5,8-9,13H2,(H,14,15);1H4. The fourth-order valence-corrected chi connectivity index (χ4v) is 9.30. The molecule has 2 aromatic carbocycles. The third-order valence-corrected chi connectivity index (χ3v) is 12.9. The number of ketones is 1. The number of ether oxygens (including phenoxy) is 2. The Morgan fingerprint density at radius 1 is 0.662 bits per heavy atom. The van der Waals surface area contributed by atoms with Gasteiger partial charge in [0, 0.05) is 69.5 Å². The molecule has 0 saturated carbocycles. The number of aryl methyl sites for hydroxylation is 4. The number of likely N-dealkylation sites (tertiary alicyclic amines) is 2. The van der Waals surface area contributed by atoms with Crippen LogP contribution in [0.25, 0.3) is 0 Å². The maximum Gasteiger partial charge on any atom is 0.327 e. The largest absolute Gasteiger partial charge is 0.465 e. The molecule has 4 aromatic rings. The van der Waals surface area contributed by atoms with Gasteiger partial charge in [0.2, 0.25) is 0 Å². The Morgan fingerprint density at radius 3 is 1.60 bits per heavy atom. The molecule has 2 atom stereocenters. The molecule has 0 spiro atoms. The lowest BCUT2D eigenvalue weighted by atomic mass is 9.99. The Kier molecular flexibility index (Phi) is 23.4. The van der Waals surface area contributed by atoms with Crippen molar-refractivity contribution in [2.75, 3.05) is 76.2 Å². The number of unbranched alkanes of at least 4 members (excludes halogenated alkanes) is 2. The van der Waals surface area contributed by atoms with Gasteiger partial charge in [-0.15, -0.1) is 0 Å². The summed E-state index contributed by atoms with van der Waals surface area (Å²) in [5, 5.41) is 10.5. The van der Waals surface area contributed by atoms with E-state index < -0.39 is 6.04 Å². The summed E-state index contributed by atoms with van der Waals surface area (Å²) in [7, 11) is 0. The number of piperidine rings is 2. The summed E-state index contributed by atoms with van der Waals surface area (Å²) in [5.74, 6) is 2.10. The van der Waals surface area contributed by atoms with E-state index in [1.54, 1.807) is 6.92 Å². The minimum Gasteiger partial charge on any atom is -0.465 e. The molecule has 0 amide bonds. The lowest BCUT2D eigenvalue weighted by molar-refractivity contribution is -0.151.